The second-order valence-electron chi connectivity index (χ2n) is 3.23. The van der Waals surface area contributed by atoms with Crippen molar-refractivity contribution in [2.45, 2.75) is 32.4 Å². The summed E-state index contributed by atoms with van der Waals surface area (Å²) in [6, 6.07) is 0. The number of alkyl halides is 1. The van der Waals surface area contributed by atoms with E-state index in [-0.39, 0.29) is 25.2 Å². The molecule has 0 N–H and O–H groups in total. The molecule has 0 aliphatic carbocycles. The van der Waals surface area contributed by atoms with Crippen LogP contribution in [-0.2, 0) is 23.3 Å². The molecule has 0 aromatic rings. The van der Waals surface area contributed by atoms with Gasteiger partial charge in [-0.05, 0) is 25.9 Å². The summed E-state index contributed by atoms with van der Waals surface area (Å²) >= 11 is 0. The first-order chi connectivity index (χ1) is 6.70. The van der Waals surface area contributed by atoms with E-state index in [2.05, 4.69) is 12.8 Å². The predicted molar refractivity (Wildman–Crippen MR) is 56.7 cm³/mol. The Kier molecular flexibility index (Phi) is 10.7. The van der Waals surface area contributed by atoms with Crippen LogP contribution < -0.4 is 0 Å². The molecule has 1 radical (unpaired) electrons. The van der Waals surface area contributed by atoms with Crippen LogP contribution in [0.15, 0.2) is 6.58 Å². The van der Waals surface area contributed by atoms with Gasteiger partial charge >= 0.3 is 0 Å². The molecular formula is C11H21FNOV-. The van der Waals surface area contributed by atoms with E-state index in [0.717, 1.165) is 0 Å². The maximum absolute atomic E-state index is 13.7. The van der Waals surface area contributed by atoms with Crippen LogP contribution in [0.5, 0.6) is 0 Å². The first-order valence-electron chi connectivity index (χ1n) is 5.16. The van der Waals surface area contributed by atoms with Gasteiger partial charge in [0, 0.05) is 25.7 Å². The number of likely N-dealkylation sites (tertiary alicyclic amines) is 1. The molecule has 1 fully saturated rings. The number of piperidine rings is 1. The minimum absolute atomic E-state index is 0. The molecule has 0 amide bonds. The van der Waals surface area contributed by atoms with Crippen molar-refractivity contribution in [3.8, 4) is 0 Å². The van der Waals surface area contributed by atoms with Gasteiger partial charge in [0.1, 0.15) is 5.67 Å². The molecule has 2 nitrogen and oxygen atoms in total. The van der Waals surface area contributed by atoms with E-state index in [0.29, 0.717) is 25.9 Å². The molecule has 0 atom stereocenters. The van der Waals surface area contributed by atoms with Gasteiger partial charge in [-0.1, -0.05) is 13.8 Å². The maximum Gasteiger partial charge on any atom is 0.137 e. The first kappa shape index (κ1) is 17.4. The monoisotopic (exact) mass is 253 g/mol. The van der Waals surface area contributed by atoms with Crippen LogP contribution >= 0.6 is 0 Å². The molecule has 0 bridgehead atoms. The van der Waals surface area contributed by atoms with Gasteiger partial charge in [0.05, 0.1) is 6.61 Å². The Labute approximate surface area is 105 Å². The Balaban J connectivity index is 0. The summed E-state index contributed by atoms with van der Waals surface area (Å²) in [6.45, 7) is 9.13. The third kappa shape index (κ3) is 6.23. The molecular weight excluding hydrogens is 232 g/mol. The quantitative estimate of drug-likeness (QED) is 0.716. The van der Waals surface area contributed by atoms with Gasteiger partial charge in [0.2, 0.25) is 0 Å². The summed E-state index contributed by atoms with van der Waals surface area (Å²) in [4.78, 5) is 1.91. The van der Waals surface area contributed by atoms with Crippen LogP contribution in [0.3, 0.4) is 0 Å². The van der Waals surface area contributed by atoms with Crippen molar-refractivity contribution in [2.75, 3.05) is 26.8 Å². The van der Waals surface area contributed by atoms with Crippen molar-refractivity contribution < 1.29 is 27.7 Å². The topological polar surface area (TPSA) is 12.5 Å². The number of nitrogens with zero attached hydrogens (tertiary/aromatic N) is 1. The van der Waals surface area contributed by atoms with Gasteiger partial charge in [-0.3, -0.25) is 6.58 Å². The largest absolute Gasteiger partial charge is 0.555 e. The van der Waals surface area contributed by atoms with Gasteiger partial charge in [0.15, 0.2) is 0 Å². The van der Waals surface area contributed by atoms with E-state index < -0.39 is 5.67 Å². The van der Waals surface area contributed by atoms with E-state index in [1.165, 1.54) is 7.11 Å². The van der Waals surface area contributed by atoms with Crippen LogP contribution in [0.2, 0.25) is 0 Å². The first-order valence-corrected chi connectivity index (χ1v) is 5.16. The molecule has 1 heterocycles. The van der Waals surface area contributed by atoms with Crippen molar-refractivity contribution >= 4 is 0 Å². The zero-order chi connectivity index (χ0) is 11.0. The van der Waals surface area contributed by atoms with Crippen LogP contribution in [0.25, 0.3) is 0 Å². The summed E-state index contributed by atoms with van der Waals surface area (Å²) < 4.78 is 18.5. The van der Waals surface area contributed by atoms with Gasteiger partial charge in [0.25, 0.3) is 0 Å². The van der Waals surface area contributed by atoms with Crippen LogP contribution in [0.1, 0.15) is 26.7 Å². The SMILES string of the molecule is C=[C-]N1CCC(F)(COC)CC1.CC.[V]. The summed E-state index contributed by atoms with van der Waals surface area (Å²) in [7, 11) is 1.54. The van der Waals surface area contributed by atoms with Crippen molar-refractivity contribution in [1.82, 2.24) is 4.90 Å². The van der Waals surface area contributed by atoms with Gasteiger partial charge in [-0.25, -0.2) is 4.39 Å². The average molecular weight is 253 g/mol. The fraction of sp³-hybridized carbons (Fsp3) is 0.818. The summed E-state index contributed by atoms with van der Waals surface area (Å²) in [5.74, 6) is 0. The molecule has 1 aliphatic heterocycles. The molecule has 0 saturated carbocycles. The molecule has 0 unspecified atom stereocenters. The normalized spacial score (nSPS) is 18.3. The third-order valence-corrected chi connectivity index (χ3v) is 2.29. The fourth-order valence-electron chi connectivity index (χ4n) is 1.47. The molecule has 89 valence electrons. The number of ether oxygens (including phenoxy) is 1. The zero-order valence-electron chi connectivity index (χ0n) is 9.92. The van der Waals surface area contributed by atoms with E-state index in [1.54, 1.807) is 0 Å². The number of halogens is 1. The van der Waals surface area contributed by atoms with Crippen LogP contribution in [0.4, 0.5) is 4.39 Å². The fourth-order valence-corrected chi connectivity index (χ4v) is 1.47. The Hall–Kier alpha value is 0.0144. The molecule has 15 heavy (non-hydrogen) atoms. The van der Waals surface area contributed by atoms with Crippen molar-refractivity contribution in [1.29, 1.82) is 0 Å². The Morgan fingerprint density at radius 2 is 1.87 bits per heavy atom. The standard InChI is InChI=1S/C9H15FNO.C2H6.V/c1-3-11-6-4-9(10,5-7-11)8-12-2;1-2;/h1,4-8H2,2H3;1-2H3;/q-1;;. The predicted octanol–water partition coefficient (Wildman–Crippen LogP) is 2.41. The number of rotatable bonds is 3. The minimum Gasteiger partial charge on any atom is -0.555 e. The average Bonchev–Trinajstić information content (AvgIpc) is 2.22. The van der Waals surface area contributed by atoms with Gasteiger partial charge in [-0.2, -0.15) is 0 Å². The number of hydrogen-bond acceptors (Lipinski definition) is 2. The van der Waals surface area contributed by atoms with E-state index in [4.69, 9.17) is 4.74 Å². The van der Waals surface area contributed by atoms with Crippen LogP contribution in [-0.4, -0.2) is 37.4 Å². The molecule has 0 spiro atoms. The molecule has 4 heteroatoms. The second-order valence-corrected chi connectivity index (χ2v) is 3.23. The summed E-state index contributed by atoms with van der Waals surface area (Å²) in [6.07, 6.45) is 3.79. The molecule has 1 saturated heterocycles. The second kappa shape index (κ2) is 9.26. The van der Waals surface area contributed by atoms with Gasteiger partial charge in [-0.15, -0.1) is 0 Å². The Morgan fingerprint density at radius 1 is 1.40 bits per heavy atom. The minimum atomic E-state index is -1.12. The summed E-state index contributed by atoms with van der Waals surface area (Å²) in [5.41, 5.74) is -1.12. The van der Waals surface area contributed by atoms with Crippen molar-refractivity contribution in [2.24, 2.45) is 0 Å². The van der Waals surface area contributed by atoms with Crippen molar-refractivity contribution in [3.05, 3.63) is 12.8 Å². The number of hydrogen-bond donors (Lipinski definition) is 0. The van der Waals surface area contributed by atoms with Gasteiger partial charge < -0.3 is 15.8 Å². The van der Waals surface area contributed by atoms with Crippen molar-refractivity contribution in [3.63, 3.8) is 0 Å². The maximum atomic E-state index is 13.7. The van der Waals surface area contributed by atoms with E-state index in [9.17, 15) is 4.39 Å². The van der Waals surface area contributed by atoms with E-state index in [1.807, 2.05) is 18.7 Å². The third-order valence-electron chi connectivity index (χ3n) is 2.29. The van der Waals surface area contributed by atoms with E-state index >= 15 is 0 Å². The summed E-state index contributed by atoms with van der Waals surface area (Å²) in [5, 5.41) is 0. The Morgan fingerprint density at radius 3 is 2.20 bits per heavy atom. The Bertz CT molecular complexity index is 159. The zero-order valence-corrected chi connectivity index (χ0v) is 11.3. The molecule has 1 rings (SSSR count). The smallest absolute Gasteiger partial charge is 0.137 e. The molecule has 1 aliphatic rings. The molecule has 0 aromatic heterocycles. The number of methoxy groups -OCH3 is 1. The molecule has 0 aromatic carbocycles. The van der Waals surface area contributed by atoms with Crippen LogP contribution in [0, 0.1) is 6.20 Å².